The van der Waals surface area contributed by atoms with Gasteiger partial charge in [0, 0.05) is 29.7 Å². The highest BCUT2D eigenvalue weighted by Crippen LogP contribution is 2.53. The lowest BCUT2D eigenvalue weighted by atomic mass is 9.69. The molecule has 2 aliphatic heterocycles. The number of hydrogen-bond donors (Lipinski definition) is 0. The highest BCUT2D eigenvalue weighted by Gasteiger charge is 2.67. The first kappa shape index (κ1) is 22.8. The van der Waals surface area contributed by atoms with Crippen molar-refractivity contribution in [3.8, 4) is 6.01 Å². The van der Waals surface area contributed by atoms with Crippen LogP contribution in [-0.4, -0.2) is 46.4 Å². The summed E-state index contributed by atoms with van der Waals surface area (Å²) in [5.41, 5.74) is -0.0261. The Balaban J connectivity index is 1.77. The zero-order valence-electron chi connectivity index (χ0n) is 19.1. The van der Waals surface area contributed by atoms with E-state index in [2.05, 4.69) is 9.97 Å². The van der Waals surface area contributed by atoms with Gasteiger partial charge in [-0.3, -0.25) is 9.59 Å². The molecule has 0 N–H and O–H groups in total. The number of aryl methyl sites for hydroxylation is 2. The number of anilines is 1. The number of fused-ring (bicyclic) bond motifs is 3. The summed E-state index contributed by atoms with van der Waals surface area (Å²) < 4.78 is 47.1. The van der Waals surface area contributed by atoms with E-state index in [0.29, 0.717) is 22.6 Å². The van der Waals surface area contributed by atoms with Gasteiger partial charge in [-0.1, -0.05) is 30.3 Å². The molecule has 3 heterocycles. The largest absolute Gasteiger partial charge is 0.447 e. The molecule has 0 saturated carbocycles. The minimum absolute atomic E-state index is 0.0618. The average Bonchev–Trinajstić information content (AvgIpc) is 2.89. The molecule has 2 aromatic carbocycles. The third kappa shape index (κ3) is 3.43. The van der Waals surface area contributed by atoms with Gasteiger partial charge >= 0.3 is 12.2 Å². The molecule has 35 heavy (non-hydrogen) atoms. The predicted molar refractivity (Wildman–Crippen MR) is 120 cm³/mol. The number of nitrogens with zero attached hydrogens (tertiary/aromatic N) is 4. The first-order valence-corrected chi connectivity index (χ1v) is 10.9. The second kappa shape index (κ2) is 7.79. The van der Waals surface area contributed by atoms with Crippen molar-refractivity contribution in [2.75, 3.05) is 18.5 Å². The van der Waals surface area contributed by atoms with E-state index in [9.17, 15) is 22.8 Å². The standard InChI is InChI=1S/C25H21F3N4O3/c1-14-11-15(2)30-23(29-14)35-21-22(34)32-13-20(33)31(3)19-10-5-4-9-18(19)24(21,32)16-7-6-8-17(12-16)25(26,27)28/h4-12,21H,13H2,1-3H3. The Hall–Kier alpha value is -3.95. The van der Waals surface area contributed by atoms with Gasteiger partial charge in [-0.25, -0.2) is 9.97 Å². The molecule has 1 aromatic heterocycles. The van der Waals surface area contributed by atoms with E-state index in [-0.39, 0.29) is 24.0 Å². The lowest BCUT2D eigenvalue weighted by Gasteiger charge is -2.55. The summed E-state index contributed by atoms with van der Waals surface area (Å²) in [6.45, 7) is 3.16. The number of aromatic nitrogens is 2. The number of alkyl halides is 3. The number of rotatable bonds is 3. The number of amides is 2. The molecule has 0 radical (unpaired) electrons. The smallest absolute Gasteiger partial charge is 0.416 e. The number of ether oxygens (including phenoxy) is 1. The number of para-hydroxylation sites is 1. The van der Waals surface area contributed by atoms with Crippen LogP contribution in [0.15, 0.2) is 54.6 Å². The SMILES string of the molecule is Cc1cc(C)nc(OC2C(=O)N3CC(=O)N(C)c4ccccc4C23c2cccc(C(F)(F)F)c2)n1. The molecule has 2 atom stereocenters. The number of carbonyl (C=O) groups is 2. The van der Waals surface area contributed by atoms with Crippen LogP contribution in [0.5, 0.6) is 6.01 Å². The van der Waals surface area contributed by atoms with Crippen molar-refractivity contribution in [1.29, 1.82) is 0 Å². The van der Waals surface area contributed by atoms with E-state index in [0.717, 1.165) is 12.1 Å². The maximum absolute atomic E-state index is 13.7. The summed E-state index contributed by atoms with van der Waals surface area (Å²) in [6, 6.07) is 13.3. The summed E-state index contributed by atoms with van der Waals surface area (Å²) in [5, 5.41) is 0. The molecule has 2 amide bonds. The fraction of sp³-hybridized carbons (Fsp3) is 0.280. The lowest BCUT2D eigenvalue weighted by Crippen LogP contribution is -2.74. The molecule has 1 saturated heterocycles. The van der Waals surface area contributed by atoms with Gasteiger partial charge < -0.3 is 14.5 Å². The van der Waals surface area contributed by atoms with Crippen molar-refractivity contribution < 1.29 is 27.5 Å². The number of benzene rings is 2. The monoisotopic (exact) mass is 482 g/mol. The zero-order valence-corrected chi connectivity index (χ0v) is 19.1. The summed E-state index contributed by atoms with van der Waals surface area (Å²) in [5.74, 6) is -0.913. The Morgan fingerprint density at radius 3 is 2.37 bits per heavy atom. The van der Waals surface area contributed by atoms with E-state index >= 15 is 0 Å². The lowest BCUT2D eigenvalue weighted by molar-refractivity contribution is -0.178. The van der Waals surface area contributed by atoms with E-state index in [1.807, 2.05) is 0 Å². The first-order valence-electron chi connectivity index (χ1n) is 10.9. The quantitative estimate of drug-likeness (QED) is 0.533. The van der Waals surface area contributed by atoms with Crippen LogP contribution in [0.4, 0.5) is 18.9 Å². The summed E-state index contributed by atoms with van der Waals surface area (Å²) in [4.78, 5) is 37.5. The highest BCUT2D eigenvalue weighted by atomic mass is 19.4. The van der Waals surface area contributed by atoms with Crippen molar-refractivity contribution in [1.82, 2.24) is 14.9 Å². The molecule has 2 aliphatic rings. The number of carbonyl (C=O) groups excluding carboxylic acids is 2. The van der Waals surface area contributed by atoms with Crippen molar-refractivity contribution in [2.45, 2.75) is 31.7 Å². The molecule has 0 aliphatic carbocycles. The van der Waals surface area contributed by atoms with E-state index in [1.54, 1.807) is 51.2 Å². The van der Waals surface area contributed by atoms with Crippen LogP contribution in [0, 0.1) is 13.8 Å². The van der Waals surface area contributed by atoms with Crippen molar-refractivity contribution in [2.24, 2.45) is 0 Å². The molecule has 5 rings (SSSR count). The van der Waals surface area contributed by atoms with Gasteiger partial charge in [0.2, 0.25) is 12.0 Å². The Bertz CT molecular complexity index is 1340. The Morgan fingerprint density at radius 2 is 1.69 bits per heavy atom. The molecular weight excluding hydrogens is 461 g/mol. The summed E-state index contributed by atoms with van der Waals surface area (Å²) >= 11 is 0. The van der Waals surface area contributed by atoms with Gasteiger partial charge in [-0.15, -0.1) is 0 Å². The molecule has 0 bridgehead atoms. The third-order valence-electron chi connectivity index (χ3n) is 6.45. The molecule has 1 fully saturated rings. The first-order chi connectivity index (χ1) is 16.5. The highest BCUT2D eigenvalue weighted by molar-refractivity contribution is 6.04. The Kier molecular flexibility index (Phi) is 5.08. The topological polar surface area (TPSA) is 75.6 Å². The minimum Gasteiger partial charge on any atom is -0.447 e. The zero-order chi connectivity index (χ0) is 25.1. The average molecular weight is 482 g/mol. The van der Waals surface area contributed by atoms with Crippen LogP contribution in [-0.2, 0) is 21.3 Å². The van der Waals surface area contributed by atoms with Gasteiger partial charge in [-0.2, -0.15) is 13.2 Å². The van der Waals surface area contributed by atoms with Gasteiger partial charge in [0.15, 0.2) is 0 Å². The fourth-order valence-corrected chi connectivity index (χ4v) is 4.91. The van der Waals surface area contributed by atoms with Crippen molar-refractivity contribution in [3.05, 3.63) is 82.7 Å². The molecule has 0 spiro atoms. The van der Waals surface area contributed by atoms with E-state index < -0.39 is 29.3 Å². The van der Waals surface area contributed by atoms with Crippen LogP contribution in [0.25, 0.3) is 0 Å². The second-order valence-corrected chi connectivity index (χ2v) is 8.67. The van der Waals surface area contributed by atoms with Crippen molar-refractivity contribution >= 4 is 17.5 Å². The molecular formula is C25H21F3N4O3. The van der Waals surface area contributed by atoms with E-state index in [4.69, 9.17) is 4.74 Å². The number of halogens is 3. The predicted octanol–water partition coefficient (Wildman–Crippen LogP) is 3.62. The normalized spacial score (nSPS) is 21.7. The maximum atomic E-state index is 13.7. The second-order valence-electron chi connectivity index (χ2n) is 8.67. The fourth-order valence-electron chi connectivity index (χ4n) is 4.91. The molecule has 2 unspecified atom stereocenters. The molecule has 7 nitrogen and oxygen atoms in total. The van der Waals surface area contributed by atoms with Crippen LogP contribution < -0.4 is 9.64 Å². The number of hydrogen-bond acceptors (Lipinski definition) is 5. The van der Waals surface area contributed by atoms with Gasteiger partial charge in [0.25, 0.3) is 5.91 Å². The van der Waals surface area contributed by atoms with Crippen LogP contribution in [0.2, 0.25) is 0 Å². The Labute approximate surface area is 199 Å². The summed E-state index contributed by atoms with van der Waals surface area (Å²) in [7, 11) is 1.57. The van der Waals surface area contributed by atoms with Gasteiger partial charge in [0.05, 0.1) is 5.56 Å². The van der Waals surface area contributed by atoms with Crippen molar-refractivity contribution in [3.63, 3.8) is 0 Å². The Morgan fingerprint density at radius 1 is 1.00 bits per heavy atom. The minimum atomic E-state index is -4.60. The number of β-lactam (4-membered cyclic amide) rings is 1. The molecule has 180 valence electrons. The van der Waals surface area contributed by atoms with Gasteiger partial charge in [0.1, 0.15) is 12.1 Å². The van der Waals surface area contributed by atoms with Crippen LogP contribution >= 0.6 is 0 Å². The van der Waals surface area contributed by atoms with E-state index in [1.165, 1.54) is 21.9 Å². The maximum Gasteiger partial charge on any atom is 0.416 e. The molecule has 10 heteroatoms. The summed E-state index contributed by atoms with van der Waals surface area (Å²) in [6.07, 6.45) is -5.89. The van der Waals surface area contributed by atoms with Gasteiger partial charge in [-0.05, 0) is 43.7 Å². The molecule has 3 aromatic rings. The third-order valence-corrected chi connectivity index (χ3v) is 6.45. The number of likely N-dealkylation sites (N-methyl/N-ethyl adjacent to an activating group) is 1. The van der Waals surface area contributed by atoms with Crippen LogP contribution in [0.1, 0.15) is 28.1 Å². The van der Waals surface area contributed by atoms with Crippen LogP contribution in [0.3, 0.4) is 0 Å².